The molecule has 0 aromatic heterocycles. The standard InChI is InChI=1S/C25H20ClFN2O4/c26-18-5-3-4-16(10-18)13-29(25(30)20-6-1-2-7-21(20)27)14-19-12-22(28-33-19)17-8-9-23-24(11-17)32-15-31-23/h1-11,19H,12-15H2. The van der Waals surface area contributed by atoms with E-state index >= 15 is 0 Å². The van der Waals surface area contributed by atoms with E-state index in [4.69, 9.17) is 25.9 Å². The second-order valence-electron chi connectivity index (χ2n) is 7.83. The van der Waals surface area contributed by atoms with Crippen molar-refractivity contribution < 1.29 is 23.5 Å². The molecular formula is C25H20ClFN2O4. The monoisotopic (exact) mass is 466 g/mol. The van der Waals surface area contributed by atoms with Crippen molar-refractivity contribution >= 4 is 23.2 Å². The van der Waals surface area contributed by atoms with Crippen molar-refractivity contribution in [3.05, 3.63) is 94.3 Å². The van der Waals surface area contributed by atoms with E-state index in [0.29, 0.717) is 22.9 Å². The second kappa shape index (κ2) is 9.11. The van der Waals surface area contributed by atoms with Gasteiger partial charge in [-0.3, -0.25) is 4.79 Å². The Morgan fingerprint density at radius 1 is 1.06 bits per heavy atom. The van der Waals surface area contributed by atoms with Crippen LogP contribution < -0.4 is 9.47 Å². The van der Waals surface area contributed by atoms with Crippen LogP contribution in [0.4, 0.5) is 4.39 Å². The van der Waals surface area contributed by atoms with Crippen LogP contribution in [-0.4, -0.2) is 36.0 Å². The Hall–Kier alpha value is -3.58. The minimum absolute atomic E-state index is 0.00874. The van der Waals surface area contributed by atoms with E-state index in [1.54, 1.807) is 29.2 Å². The van der Waals surface area contributed by atoms with Crippen LogP contribution in [0, 0.1) is 5.82 Å². The lowest BCUT2D eigenvalue weighted by Crippen LogP contribution is -2.37. The fourth-order valence-corrected chi connectivity index (χ4v) is 4.11. The summed E-state index contributed by atoms with van der Waals surface area (Å²) < 4.78 is 25.2. The van der Waals surface area contributed by atoms with E-state index < -0.39 is 11.7 Å². The first-order valence-corrected chi connectivity index (χ1v) is 10.9. The van der Waals surface area contributed by atoms with Gasteiger partial charge in [-0.05, 0) is 48.0 Å². The molecule has 0 radical (unpaired) electrons. The largest absolute Gasteiger partial charge is 0.454 e. The Morgan fingerprint density at radius 3 is 2.76 bits per heavy atom. The van der Waals surface area contributed by atoms with Gasteiger partial charge in [0, 0.05) is 23.6 Å². The van der Waals surface area contributed by atoms with Gasteiger partial charge in [0.05, 0.1) is 17.8 Å². The van der Waals surface area contributed by atoms with Gasteiger partial charge in [-0.1, -0.05) is 41.0 Å². The number of halogens is 2. The van der Waals surface area contributed by atoms with Gasteiger partial charge >= 0.3 is 0 Å². The summed E-state index contributed by atoms with van der Waals surface area (Å²) in [5.41, 5.74) is 2.46. The fraction of sp³-hybridized carbons (Fsp3) is 0.200. The Bertz CT molecular complexity index is 1230. The van der Waals surface area contributed by atoms with Crippen LogP contribution in [0.1, 0.15) is 27.9 Å². The lowest BCUT2D eigenvalue weighted by molar-refractivity contribution is 0.0402. The number of rotatable bonds is 6. The zero-order valence-electron chi connectivity index (χ0n) is 17.5. The van der Waals surface area contributed by atoms with Gasteiger partial charge in [0.25, 0.3) is 5.91 Å². The number of hydrogen-bond acceptors (Lipinski definition) is 5. The molecule has 0 saturated carbocycles. The number of oxime groups is 1. The molecule has 1 atom stereocenters. The van der Waals surface area contributed by atoms with Crippen molar-refractivity contribution in [3.8, 4) is 11.5 Å². The molecule has 1 unspecified atom stereocenters. The lowest BCUT2D eigenvalue weighted by Gasteiger charge is -2.25. The SMILES string of the molecule is O=C(c1ccccc1F)N(Cc1cccc(Cl)c1)CC1CC(c2ccc3c(c2)OCO3)=NO1. The maximum absolute atomic E-state index is 14.4. The van der Waals surface area contributed by atoms with Crippen molar-refractivity contribution in [2.24, 2.45) is 5.16 Å². The summed E-state index contributed by atoms with van der Waals surface area (Å²) in [6.45, 7) is 0.686. The highest BCUT2D eigenvalue weighted by Crippen LogP contribution is 2.33. The summed E-state index contributed by atoms with van der Waals surface area (Å²) in [6.07, 6.45) is 0.122. The van der Waals surface area contributed by atoms with Crippen LogP contribution in [-0.2, 0) is 11.4 Å². The minimum Gasteiger partial charge on any atom is -0.454 e. The average Bonchev–Trinajstić information content (AvgIpc) is 3.47. The predicted octanol–water partition coefficient (Wildman–Crippen LogP) is 5.04. The highest BCUT2D eigenvalue weighted by Gasteiger charge is 2.29. The van der Waals surface area contributed by atoms with E-state index in [0.717, 1.165) is 16.8 Å². The maximum Gasteiger partial charge on any atom is 0.257 e. The number of carbonyl (C=O) groups is 1. The van der Waals surface area contributed by atoms with E-state index in [1.807, 2.05) is 30.3 Å². The topological polar surface area (TPSA) is 60.4 Å². The maximum atomic E-state index is 14.4. The molecule has 5 rings (SSSR count). The van der Waals surface area contributed by atoms with Crippen LogP contribution in [0.2, 0.25) is 5.02 Å². The first-order chi connectivity index (χ1) is 16.1. The van der Waals surface area contributed by atoms with Crippen molar-refractivity contribution in [2.75, 3.05) is 13.3 Å². The smallest absolute Gasteiger partial charge is 0.257 e. The number of fused-ring (bicyclic) bond motifs is 1. The lowest BCUT2D eigenvalue weighted by atomic mass is 10.0. The zero-order valence-corrected chi connectivity index (χ0v) is 18.3. The van der Waals surface area contributed by atoms with Crippen molar-refractivity contribution in [1.82, 2.24) is 4.90 Å². The van der Waals surface area contributed by atoms with Gasteiger partial charge in [0.15, 0.2) is 17.6 Å². The van der Waals surface area contributed by atoms with Crippen LogP contribution in [0.25, 0.3) is 0 Å². The number of ether oxygens (including phenoxy) is 2. The molecule has 2 aliphatic heterocycles. The van der Waals surface area contributed by atoms with Gasteiger partial charge in [0.2, 0.25) is 6.79 Å². The Balaban J connectivity index is 1.34. The number of hydrogen-bond donors (Lipinski definition) is 0. The van der Waals surface area contributed by atoms with E-state index in [-0.39, 0.29) is 31.5 Å². The minimum atomic E-state index is -0.566. The van der Waals surface area contributed by atoms with Gasteiger partial charge < -0.3 is 19.2 Å². The molecule has 0 bridgehead atoms. The molecule has 0 fully saturated rings. The van der Waals surface area contributed by atoms with Crippen molar-refractivity contribution in [2.45, 2.75) is 19.1 Å². The molecule has 0 spiro atoms. The Kier molecular flexibility index (Phi) is 5.88. The molecule has 6 nitrogen and oxygen atoms in total. The van der Waals surface area contributed by atoms with Gasteiger partial charge in [-0.15, -0.1) is 0 Å². The molecule has 2 aliphatic rings. The molecule has 0 saturated heterocycles. The van der Waals surface area contributed by atoms with Crippen LogP contribution in [0.15, 0.2) is 71.9 Å². The molecule has 0 N–H and O–H groups in total. The Morgan fingerprint density at radius 2 is 1.91 bits per heavy atom. The Labute approximate surface area is 195 Å². The molecule has 0 aliphatic carbocycles. The quantitative estimate of drug-likeness (QED) is 0.510. The molecule has 3 aromatic carbocycles. The van der Waals surface area contributed by atoms with Gasteiger partial charge in [-0.2, -0.15) is 0 Å². The predicted molar refractivity (Wildman–Crippen MR) is 121 cm³/mol. The molecule has 1 amide bonds. The normalized spacial score (nSPS) is 16.3. The number of nitrogens with zero attached hydrogens (tertiary/aromatic N) is 2. The third kappa shape index (κ3) is 4.64. The second-order valence-corrected chi connectivity index (χ2v) is 8.27. The van der Waals surface area contributed by atoms with Crippen LogP contribution >= 0.6 is 11.6 Å². The summed E-state index contributed by atoms with van der Waals surface area (Å²) in [5.74, 6) is 0.366. The van der Waals surface area contributed by atoms with Gasteiger partial charge in [0.1, 0.15) is 5.82 Å². The number of benzene rings is 3. The summed E-state index contributed by atoms with van der Waals surface area (Å²) in [7, 11) is 0. The molecule has 3 aromatic rings. The van der Waals surface area contributed by atoms with E-state index in [1.165, 1.54) is 12.1 Å². The third-order valence-corrected chi connectivity index (χ3v) is 5.75. The zero-order chi connectivity index (χ0) is 22.8. The average molecular weight is 467 g/mol. The summed E-state index contributed by atoms with van der Waals surface area (Å²) in [5, 5.41) is 4.79. The van der Waals surface area contributed by atoms with E-state index in [2.05, 4.69) is 5.16 Å². The highest BCUT2D eigenvalue weighted by molar-refractivity contribution is 6.30. The van der Waals surface area contributed by atoms with E-state index in [9.17, 15) is 9.18 Å². The molecular weight excluding hydrogens is 447 g/mol. The fourth-order valence-electron chi connectivity index (χ4n) is 3.90. The summed E-state index contributed by atoms with van der Waals surface area (Å²) >= 11 is 6.12. The first-order valence-electron chi connectivity index (χ1n) is 10.5. The number of carbonyl (C=O) groups excluding carboxylic acids is 1. The molecule has 33 heavy (non-hydrogen) atoms. The van der Waals surface area contributed by atoms with Gasteiger partial charge in [-0.25, -0.2) is 4.39 Å². The first kappa shape index (κ1) is 21.3. The molecule has 8 heteroatoms. The summed E-state index contributed by atoms with van der Waals surface area (Å²) in [6, 6.07) is 18.8. The number of amides is 1. The third-order valence-electron chi connectivity index (χ3n) is 5.52. The molecule has 2 heterocycles. The van der Waals surface area contributed by atoms with Crippen molar-refractivity contribution in [3.63, 3.8) is 0 Å². The van der Waals surface area contributed by atoms with Crippen LogP contribution in [0.3, 0.4) is 0 Å². The summed E-state index contributed by atoms with van der Waals surface area (Å²) in [4.78, 5) is 20.5. The van der Waals surface area contributed by atoms with Crippen LogP contribution in [0.5, 0.6) is 11.5 Å². The van der Waals surface area contributed by atoms with Crippen molar-refractivity contribution in [1.29, 1.82) is 0 Å². The highest BCUT2D eigenvalue weighted by atomic mass is 35.5. The molecule has 168 valence electrons.